The fourth-order valence-corrected chi connectivity index (χ4v) is 5.06. The van der Waals surface area contributed by atoms with Gasteiger partial charge >= 0.3 is 5.97 Å². The molecule has 1 amide bonds. The molecular formula is C24H32N4O5S. The lowest BCUT2D eigenvalue weighted by atomic mass is 10.1. The number of carbonyl (C=O) groups excluding carboxylic acids is 2. The molecule has 0 spiro atoms. The van der Waals surface area contributed by atoms with Gasteiger partial charge in [0.25, 0.3) is 5.91 Å². The van der Waals surface area contributed by atoms with Crippen LogP contribution in [0.5, 0.6) is 0 Å². The fourth-order valence-electron chi connectivity index (χ4n) is 3.61. The van der Waals surface area contributed by atoms with E-state index in [9.17, 15) is 18.0 Å². The number of anilines is 1. The topological polar surface area (TPSA) is 131 Å². The molecule has 0 saturated carbocycles. The number of sulfone groups is 1. The maximum atomic E-state index is 13.5. The van der Waals surface area contributed by atoms with E-state index < -0.39 is 38.7 Å². The number of ether oxygens (including phenoxy) is 1. The van der Waals surface area contributed by atoms with E-state index in [2.05, 4.69) is 15.5 Å². The average molecular weight is 489 g/mol. The predicted molar refractivity (Wildman–Crippen MR) is 130 cm³/mol. The lowest BCUT2D eigenvalue weighted by molar-refractivity contribution is -0.157. The van der Waals surface area contributed by atoms with Gasteiger partial charge < -0.3 is 26.0 Å². The van der Waals surface area contributed by atoms with E-state index in [4.69, 9.17) is 10.5 Å². The van der Waals surface area contributed by atoms with Crippen LogP contribution in [0, 0.1) is 0 Å². The molecule has 2 aromatic rings. The Morgan fingerprint density at radius 2 is 1.62 bits per heavy atom. The van der Waals surface area contributed by atoms with Gasteiger partial charge in [0.05, 0.1) is 17.0 Å². The number of hydrogen-bond donors (Lipinski definition) is 3. The molecule has 3 rings (SSSR count). The summed E-state index contributed by atoms with van der Waals surface area (Å²) < 4.78 is 32.3. The monoisotopic (exact) mass is 488 g/mol. The molecule has 9 nitrogen and oxygen atoms in total. The molecule has 2 aromatic carbocycles. The van der Waals surface area contributed by atoms with Crippen molar-refractivity contribution in [3.63, 3.8) is 0 Å². The molecule has 1 heterocycles. The molecule has 34 heavy (non-hydrogen) atoms. The van der Waals surface area contributed by atoms with Crippen LogP contribution in [0.15, 0.2) is 59.5 Å². The molecule has 0 unspecified atom stereocenters. The molecule has 1 fully saturated rings. The summed E-state index contributed by atoms with van der Waals surface area (Å²) in [4.78, 5) is 25.7. The lowest BCUT2D eigenvalue weighted by Crippen LogP contribution is -2.62. The van der Waals surface area contributed by atoms with Crippen LogP contribution in [-0.4, -0.2) is 63.5 Å². The van der Waals surface area contributed by atoms with Crippen molar-refractivity contribution in [2.24, 2.45) is 5.73 Å². The minimum absolute atomic E-state index is 0.140. The van der Waals surface area contributed by atoms with Crippen LogP contribution in [0.1, 0.15) is 31.1 Å². The number of nitrogens with zero attached hydrogens (tertiary/aromatic N) is 1. The zero-order valence-electron chi connectivity index (χ0n) is 19.7. The zero-order valence-corrected chi connectivity index (χ0v) is 20.5. The molecule has 4 N–H and O–H groups in total. The first kappa shape index (κ1) is 25.7. The van der Waals surface area contributed by atoms with Gasteiger partial charge in [-0.15, -0.1) is 0 Å². The molecule has 1 atom stereocenters. The Morgan fingerprint density at radius 1 is 1.03 bits per heavy atom. The molecule has 1 aliphatic heterocycles. The van der Waals surface area contributed by atoms with Gasteiger partial charge in [-0.2, -0.15) is 0 Å². The quantitative estimate of drug-likeness (QED) is 0.497. The number of rotatable bonds is 7. The number of nitrogens with one attached hydrogen (secondary N) is 2. The second kappa shape index (κ2) is 10.1. The van der Waals surface area contributed by atoms with Gasteiger partial charge in [0, 0.05) is 31.9 Å². The lowest BCUT2D eigenvalue weighted by Gasteiger charge is -2.32. The number of para-hydroxylation sites is 1. The van der Waals surface area contributed by atoms with E-state index >= 15 is 0 Å². The second-order valence-corrected chi connectivity index (χ2v) is 11.4. The van der Waals surface area contributed by atoms with Crippen molar-refractivity contribution < 1.29 is 22.7 Å². The maximum Gasteiger partial charge on any atom is 0.344 e. The van der Waals surface area contributed by atoms with Crippen molar-refractivity contribution in [2.75, 3.05) is 37.6 Å². The van der Waals surface area contributed by atoms with Gasteiger partial charge in [0.2, 0.25) is 14.7 Å². The normalized spacial score (nSPS) is 16.4. The third-order valence-electron chi connectivity index (χ3n) is 5.40. The van der Waals surface area contributed by atoms with E-state index in [1.165, 1.54) is 24.3 Å². The van der Waals surface area contributed by atoms with Gasteiger partial charge in [-0.25, -0.2) is 13.2 Å². The van der Waals surface area contributed by atoms with Crippen molar-refractivity contribution in [3.05, 3.63) is 60.2 Å². The smallest absolute Gasteiger partial charge is 0.344 e. The second-order valence-electron chi connectivity index (χ2n) is 9.14. The summed E-state index contributed by atoms with van der Waals surface area (Å²) in [5.41, 5.74) is 6.39. The maximum absolute atomic E-state index is 13.5. The molecule has 0 aromatic heterocycles. The highest BCUT2D eigenvalue weighted by molar-refractivity contribution is 7.93. The first-order valence-corrected chi connectivity index (χ1v) is 12.6. The van der Waals surface area contributed by atoms with Crippen molar-refractivity contribution in [3.8, 4) is 0 Å². The molecule has 1 saturated heterocycles. The van der Waals surface area contributed by atoms with Gasteiger partial charge in [-0.1, -0.05) is 30.3 Å². The minimum Gasteiger partial charge on any atom is -0.458 e. The summed E-state index contributed by atoms with van der Waals surface area (Å²) >= 11 is 0. The Morgan fingerprint density at radius 3 is 2.24 bits per heavy atom. The Bertz CT molecular complexity index is 1130. The van der Waals surface area contributed by atoms with Crippen molar-refractivity contribution in [1.82, 2.24) is 10.6 Å². The Balaban J connectivity index is 1.91. The van der Waals surface area contributed by atoms with Crippen LogP contribution >= 0.6 is 0 Å². The zero-order chi connectivity index (χ0) is 25.0. The summed E-state index contributed by atoms with van der Waals surface area (Å²) in [5, 5.41) is 5.84. The van der Waals surface area contributed by atoms with Gasteiger partial charge in [-0.3, -0.25) is 4.79 Å². The van der Waals surface area contributed by atoms with Gasteiger partial charge in [0.1, 0.15) is 5.60 Å². The van der Waals surface area contributed by atoms with Crippen LogP contribution in [0.25, 0.3) is 0 Å². The number of nitrogens with two attached hydrogens (primary N) is 1. The van der Waals surface area contributed by atoms with E-state index in [1.807, 2.05) is 12.1 Å². The van der Waals surface area contributed by atoms with Crippen LogP contribution in [0.4, 0.5) is 5.69 Å². The number of piperazine rings is 1. The summed E-state index contributed by atoms with van der Waals surface area (Å²) in [5.74, 6) is -1.67. The number of esters is 1. The number of carbonyl (C=O) groups is 2. The summed E-state index contributed by atoms with van der Waals surface area (Å²) in [7, 11) is -4.41. The van der Waals surface area contributed by atoms with Crippen molar-refractivity contribution in [2.45, 2.75) is 36.1 Å². The van der Waals surface area contributed by atoms with Crippen molar-refractivity contribution in [1.29, 1.82) is 0 Å². The van der Waals surface area contributed by atoms with Gasteiger partial charge in [0.15, 0.2) is 0 Å². The molecule has 10 heteroatoms. The van der Waals surface area contributed by atoms with Crippen molar-refractivity contribution >= 4 is 27.4 Å². The van der Waals surface area contributed by atoms with Crippen LogP contribution in [0.2, 0.25) is 0 Å². The number of benzene rings is 2. The molecule has 0 bridgehead atoms. The van der Waals surface area contributed by atoms with E-state index in [-0.39, 0.29) is 4.90 Å². The standard InChI is InChI=1S/C24H32N4O5S/c1-23(2,3)33-22(30)24(25,34(31,32)18-9-5-4-6-10-18)17-27-21(29)19-11-7-8-12-20(19)28-15-13-26-14-16-28/h4-12,26H,13-17,25H2,1-3H3,(H,27,29)/t24-/m0/s1. The molecule has 184 valence electrons. The number of amides is 1. The predicted octanol–water partition coefficient (Wildman–Crippen LogP) is 1.30. The first-order chi connectivity index (χ1) is 16.0. The Hall–Kier alpha value is -2.95. The van der Waals surface area contributed by atoms with E-state index in [0.29, 0.717) is 5.56 Å². The molecular weight excluding hydrogens is 456 g/mol. The van der Waals surface area contributed by atoms with Crippen LogP contribution in [-0.2, 0) is 19.4 Å². The minimum atomic E-state index is -4.41. The summed E-state index contributed by atoms with van der Waals surface area (Å²) in [6.45, 7) is 7.21. The summed E-state index contributed by atoms with van der Waals surface area (Å²) in [6.07, 6.45) is 0. The molecule has 0 radical (unpaired) electrons. The van der Waals surface area contributed by atoms with Crippen LogP contribution in [0.3, 0.4) is 0 Å². The fraction of sp³-hybridized carbons (Fsp3) is 0.417. The molecule has 0 aliphatic carbocycles. The molecule has 1 aliphatic rings. The Kier molecular flexibility index (Phi) is 7.64. The Labute approximate surface area is 200 Å². The van der Waals surface area contributed by atoms with E-state index in [0.717, 1.165) is 31.9 Å². The van der Waals surface area contributed by atoms with Crippen LogP contribution < -0.4 is 21.3 Å². The van der Waals surface area contributed by atoms with E-state index in [1.54, 1.807) is 39.0 Å². The third kappa shape index (κ3) is 5.57. The average Bonchev–Trinajstić information content (AvgIpc) is 2.82. The SMILES string of the molecule is CC(C)(C)OC(=O)[C@](N)(CNC(=O)c1ccccc1N1CCNCC1)S(=O)(=O)c1ccccc1. The highest BCUT2D eigenvalue weighted by atomic mass is 32.2. The highest BCUT2D eigenvalue weighted by Gasteiger charge is 2.51. The summed E-state index contributed by atoms with van der Waals surface area (Å²) in [6, 6.07) is 14.5. The highest BCUT2D eigenvalue weighted by Crippen LogP contribution is 2.26. The third-order valence-corrected chi connectivity index (χ3v) is 7.56. The largest absolute Gasteiger partial charge is 0.458 e. The first-order valence-electron chi connectivity index (χ1n) is 11.1. The number of hydrogen-bond acceptors (Lipinski definition) is 8. The van der Waals surface area contributed by atoms with Gasteiger partial charge in [-0.05, 0) is 45.0 Å².